The average molecular weight is 611 g/mol. The lowest BCUT2D eigenvalue weighted by Crippen LogP contribution is -2.55. The molecule has 11 heteroatoms. The van der Waals surface area contributed by atoms with Crippen LogP contribution in [0.25, 0.3) is 0 Å². The molecule has 0 saturated carbocycles. The quantitative estimate of drug-likeness (QED) is 0.421. The molecule has 2 aliphatic heterocycles. The van der Waals surface area contributed by atoms with Gasteiger partial charge >= 0.3 is 6.01 Å². The number of nitrogens with zero attached hydrogens (tertiary/aromatic N) is 6. The summed E-state index contributed by atoms with van der Waals surface area (Å²) in [5.74, 6) is -0.753. The minimum atomic E-state index is -1.39. The lowest BCUT2D eigenvalue weighted by atomic mass is 9.68. The third kappa shape index (κ3) is 5.25. The number of piperazine rings is 1. The van der Waals surface area contributed by atoms with Crippen molar-refractivity contribution in [2.45, 2.75) is 69.1 Å². The van der Waals surface area contributed by atoms with Gasteiger partial charge in [-0.2, -0.15) is 15.2 Å². The van der Waals surface area contributed by atoms with Crippen molar-refractivity contribution in [2.75, 3.05) is 44.7 Å². The highest BCUT2D eigenvalue weighted by molar-refractivity contribution is 6.31. The number of rotatable bonds is 6. The van der Waals surface area contributed by atoms with Crippen LogP contribution in [0.2, 0.25) is 5.02 Å². The molecule has 2 fully saturated rings. The molecule has 4 aliphatic rings. The number of hydrogen-bond donors (Lipinski definition) is 0. The van der Waals surface area contributed by atoms with Gasteiger partial charge in [0.25, 0.3) is 5.91 Å². The third-order valence-electron chi connectivity index (χ3n) is 9.92. The van der Waals surface area contributed by atoms with Crippen molar-refractivity contribution in [3.05, 3.63) is 58.0 Å². The van der Waals surface area contributed by atoms with Gasteiger partial charge in [0.15, 0.2) is 12.0 Å². The molecule has 8 nitrogen and oxygen atoms in total. The molecule has 43 heavy (non-hydrogen) atoms. The van der Waals surface area contributed by atoms with Crippen LogP contribution in [0.4, 0.5) is 14.6 Å². The smallest absolute Gasteiger partial charge is 0.318 e. The van der Waals surface area contributed by atoms with E-state index < -0.39 is 29.4 Å². The minimum Gasteiger partial charge on any atom is -0.462 e. The van der Waals surface area contributed by atoms with Gasteiger partial charge in [-0.1, -0.05) is 37.2 Å². The number of benzene rings is 1. The number of amides is 1. The predicted octanol–water partition coefficient (Wildman–Crippen LogP) is 5.10. The van der Waals surface area contributed by atoms with E-state index in [0.717, 1.165) is 29.7 Å². The molecule has 1 amide bonds. The Labute approximate surface area is 256 Å². The lowest BCUT2D eigenvalue weighted by molar-refractivity contribution is -0.131. The van der Waals surface area contributed by atoms with Crippen LogP contribution in [0, 0.1) is 17.2 Å². The van der Waals surface area contributed by atoms with E-state index in [2.05, 4.69) is 31.5 Å². The van der Waals surface area contributed by atoms with Crippen molar-refractivity contribution in [3.63, 3.8) is 0 Å². The Morgan fingerprint density at radius 3 is 2.67 bits per heavy atom. The van der Waals surface area contributed by atoms with Crippen molar-refractivity contribution in [1.29, 1.82) is 5.26 Å². The summed E-state index contributed by atoms with van der Waals surface area (Å²) < 4.78 is 37.0. The van der Waals surface area contributed by atoms with Crippen LogP contribution in [-0.2, 0) is 23.1 Å². The first-order chi connectivity index (χ1) is 20.6. The van der Waals surface area contributed by atoms with Gasteiger partial charge in [0, 0.05) is 48.2 Å². The zero-order valence-corrected chi connectivity index (χ0v) is 25.4. The minimum absolute atomic E-state index is 0.0186. The van der Waals surface area contributed by atoms with Gasteiger partial charge in [-0.05, 0) is 62.3 Å². The Kier molecular flexibility index (Phi) is 8.07. The van der Waals surface area contributed by atoms with Crippen LogP contribution >= 0.6 is 11.6 Å². The van der Waals surface area contributed by atoms with Gasteiger partial charge in [-0.15, -0.1) is 0 Å². The molecule has 228 valence electrons. The first kappa shape index (κ1) is 29.8. The molecular formula is C32H37ClF2N6O2. The largest absolute Gasteiger partial charge is 0.462 e. The van der Waals surface area contributed by atoms with Crippen LogP contribution in [0.1, 0.15) is 61.2 Å². The van der Waals surface area contributed by atoms with Crippen molar-refractivity contribution < 1.29 is 18.3 Å². The first-order valence-electron chi connectivity index (χ1n) is 15.1. The normalized spacial score (nSPS) is 28.5. The number of likely N-dealkylation sites (tertiary alicyclic amines) is 1. The van der Waals surface area contributed by atoms with E-state index in [-0.39, 0.29) is 31.6 Å². The Bertz CT molecular complexity index is 1480. The average Bonchev–Trinajstić information content (AvgIpc) is 3.53. The second kappa shape index (κ2) is 11.7. The monoisotopic (exact) mass is 610 g/mol. The number of fused-ring (bicyclic) bond motifs is 3. The van der Waals surface area contributed by atoms with Crippen LogP contribution in [0.3, 0.4) is 0 Å². The molecule has 0 N–H and O–H groups in total. The number of anilines is 1. The molecule has 0 bridgehead atoms. The number of nitriles is 1. The molecule has 3 heterocycles. The number of alkyl halides is 1. The van der Waals surface area contributed by atoms with E-state index in [4.69, 9.17) is 26.3 Å². The molecule has 2 aromatic rings. The topological polar surface area (TPSA) is 85.6 Å². The van der Waals surface area contributed by atoms with Crippen molar-refractivity contribution in [3.8, 4) is 12.1 Å². The summed E-state index contributed by atoms with van der Waals surface area (Å²) in [4.78, 5) is 27.6. The third-order valence-corrected chi connectivity index (χ3v) is 10.3. The Morgan fingerprint density at radius 1 is 1.21 bits per heavy atom. The first-order valence-corrected chi connectivity index (χ1v) is 15.4. The number of carbonyl (C=O) groups is 1. The summed E-state index contributed by atoms with van der Waals surface area (Å²) in [6, 6.07) is 7.61. The number of ether oxygens (including phenoxy) is 1. The molecule has 5 atom stereocenters. The van der Waals surface area contributed by atoms with Gasteiger partial charge in [-0.3, -0.25) is 9.69 Å². The summed E-state index contributed by atoms with van der Waals surface area (Å²) in [7, 11) is 2.07. The SMILES string of the molecule is C=C(F)C(=O)N1CCN(c2nc(OC[C@@H]3C[C@@H](C)CN3C)nc3c2CC[C@@]2(CCc4c(Cl)cccc42)[C@H]3F)C[C@@H]1CC#N. The summed E-state index contributed by atoms with van der Waals surface area (Å²) >= 11 is 6.53. The van der Waals surface area contributed by atoms with Crippen LogP contribution in [0.5, 0.6) is 6.01 Å². The van der Waals surface area contributed by atoms with Crippen molar-refractivity contribution >= 4 is 23.3 Å². The van der Waals surface area contributed by atoms with E-state index in [9.17, 15) is 14.4 Å². The molecule has 1 spiro atoms. The van der Waals surface area contributed by atoms with E-state index >= 15 is 4.39 Å². The van der Waals surface area contributed by atoms with Gasteiger partial charge in [-0.25, -0.2) is 8.78 Å². The molecule has 2 aliphatic carbocycles. The van der Waals surface area contributed by atoms with E-state index in [1.54, 1.807) is 0 Å². The molecular weight excluding hydrogens is 574 g/mol. The molecule has 2 saturated heterocycles. The van der Waals surface area contributed by atoms with Gasteiger partial charge < -0.3 is 14.5 Å². The number of carbonyl (C=O) groups excluding carboxylic acids is 1. The molecule has 1 aromatic carbocycles. The highest BCUT2D eigenvalue weighted by Crippen LogP contribution is 2.56. The maximum Gasteiger partial charge on any atom is 0.318 e. The predicted molar refractivity (Wildman–Crippen MR) is 160 cm³/mol. The standard InChI is InChI=1S/C32H37ClF2N6O2/c1-19-15-22(39(3)16-19)18-43-31-37-27-24(8-11-32(28(27)35)10-7-23-25(32)5-4-6-26(23)33)29(38-31)40-13-14-41(30(42)20(2)34)21(17-40)9-12-36/h4-6,19,21-22,28H,2,7-11,13-18H2,1,3H3/t19-,21+,22+,28+,32-/m1/s1. The number of hydrogen-bond acceptors (Lipinski definition) is 7. The highest BCUT2D eigenvalue weighted by Gasteiger charge is 2.51. The number of aromatic nitrogens is 2. The zero-order valence-electron chi connectivity index (χ0n) is 24.7. The Morgan fingerprint density at radius 2 is 1.98 bits per heavy atom. The molecule has 0 radical (unpaired) electrons. The summed E-state index contributed by atoms with van der Waals surface area (Å²) in [6.45, 7) is 7.51. The second-order valence-electron chi connectivity index (χ2n) is 12.6. The molecule has 0 unspecified atom stereocenters. The van der Waals surface area contributed by atoms with E-state index in [1.807, 2.05) is 23.1 Å². The van der Waals surface area contributed by atoms with Crippen LogP contribution < -0.4 is 9.64 Å². The number of likely N-dealkylation sites (N-methyl/N-ethyl adjacent to an activating group) is 1. The van der Waals surface area contributed by atoms with Crippen LogP contribution in [-0.4, -0.2) is 77.6 Å². The zero-order chi connectivity index (χ0) is 30.5. The van der Waals surface area contributed by atoms with Gasteiger partial charge in [0.05, 0.1) is 24.2 Å². The van der Waals surface area contributed by atoms with Crippen LogP contribution in [0.15, 0.2) is 30.6 Å². The Balaban J connectivity index is 1.37. The molecule has 1 aromatic heterocycles. The van der Waals surface area contributed by atoms with E-state index in [0.29, 0.717) is 61.3 Å². The van der Waals surface area contributed by atoms with Crippen molar-refractivity contribution in [2.24, 2.45) is 5.92 Å². The summed E-state index contributed by atoms with van der Waals surface area (Å²) in [5.41, 5.74) is 2.29. The maximum absolute atomic E-state index is 17.0. The summed E-state index contributed by atoms with van der Waals surface area (Å²) in [6.07, 6.45) is 2.12. The Hall–Kier alpha value is -3.29. The summed E-state index contributed by atoms with van der Waals surface area (Å²) in [5, 5.41) is 10.2. The molecule has 6 rings (SSSR count). The maximum atomic E-state index is 17.0. The van der Waals surface area contributed by atoms with Gasteiger partial charge in [0.2, 0.25) is 0 Å². The lowest BCUT2D eigenvalue weighted by Gasteiger charge is -2.43. The van der Waals surface area contributed by atoms with Crippen molar-refractivity contribution in [1.82, 2.24) is 19.8 Å². The van der Waals surface area contributed by atoms with E-state index in [1.165, 1.54) is 4.90 Å². The second-order valence-corrected chi connectivity index (χ2v) is 13.0. The highest BCUT2D eigenvalue weighted by atomic mass is 35.5. The fourth-order valence-corrected chi connectivity index (χ4v) is 8.01. The fourth-order valence-electron chi connectivity index (χ4n) is 7.74. The number of halogens is 3. The van der Waals surface area contributed by atoms with Gasteiger partial charge in [0.1, 0.15) is 12.4 Å². The fraction of sp³-hybridized carbons (Fsp3) is 0.562.